The van der Waals surface area contributed by atoms with Gasteiger partial charge in [-0.25, -0.2) is 0 Å². The number of benzene rings is 1. The fourth-order valence-electron chi connectivity index (χ4n) is 1.55. The summed E-state index contributed by atoms with van der Waals surface area (Å²) in [5, 5.41) is 23.3. The number of nitrogens with two attached hydrogens (primary N) is 1. The van der Waals surface area contributed by atoms with Gasteiger partial charge in [-0.2, -0.15) is 4.98 Å². The maximum absolute atomic E-state index is 10.7. The Bertz CT molecular complexity index is 627. The zero-order chi connectivity index (χ0) is 14.7. The van der Waals surface area contributed by atoms with Crippen LogP contribution in [0.2, 0.25) is 0 Å². The summed E-state index contributed by atoms with van der Waals surface area (Å²) in [6.45, 7) is -0.323. The SMILES string of the molecule is COc1cc([N+](=O)[O-])ccc1-c1nc(C(N)CO)no1. The van der Waals surface area contributed by atoms with Crippen molar-refractivity contribution in [1.29, 1.82) is 0 Å². The third kappa shape index (κ3) is 2.58. The van der Waals surface area contributed by atoms with E-state index in [2.05, 4.69) is 10.1 Å². The number of aliphatic hydroxyl groups is 1. The molecule has 1 aromatic heterocycles. The number of nitro groups is 1. The number of aromatic nitrogens is 2. The fraction of sp³-hybridized carbons (Fsp3) is 0.273. The molecule has 2 rings (SSSR count). The van der Waals surface area contributed by atoms with Crippen LogP contribution in [0.4, 0.5) is 5.69 Å². The molecule has 0 aliphatic rings. The van der Waals surface area contributed by atoms with E-state index in [4.69, 9.17) is 20.1 Å². The Kier molecular flexibility index (Phi) is 3.91. The highest BCUT2D eigenvalue weighted by molar-refractivity contribution is 5.65. The smallest absolute Gasteiger partial charge is 0.273 e. The molecule has 0 saturated heterocycles. The predicted octanol–water partition coefficient (Wildman–Crippen LogP) is 0.646. The van der Waals surface area contributed by atoms with Crippen LogP contribution in [0.15, 0.2) is 22.7 Å². The van der Waals surface area contributed by atoms with Crippen LogP contribution in [0.25, 0.3) is 11.5 Å². The van der Waals surface area contributed by atoms with Gasteiger partial charge in [0.25, 0.3) is 11.6 Å². The molecule has 0 aliphatic carbocycles. The van der Waals surface area contributed by atoms with Crippen molar-refractivity contribution < 1.29 is 19.3 Å². The number of ether oxygens (including phenoxy) is 1. The van der Waals surface area contributed by atoms with E-state index in [0.29, 0.717) is 5.56 Å². The van der Waals surface area contributed by atoms with E-state index in [1.165, 1.54) is 25.3 Å². The summed E-state index contributed by atoms with van der Waals surface area (Å²) in [4.78, 5) is 14.2. The summed E-state index contributed by atoms with van der Waals surface area (Å²) in [5.41, 5.74) is 5.86. The molecular weight excluding hydrogens is 268 g/mol. The van der Waals surface area contributed by atoms with Gasteiger partial charge >= 0.3 is 0 Å². The summed E-state index contributed by atoms with van der Waals surface area (Å²) in [6.07, 6.45) is 0. The molecule has 0 amide bonds. The Morgan fingerprint density at radius 2 is 2.35 bits per heavy atom. The van der Waals surface area contributed by atoms with E-state index in [0.717, 1.165) is 0 Å². The van der Waals surface area contributed by atoms with Gasteiger partial charge < -0.3 is 20.1 Å². The number of nitrogens with zero attached hydrogens (tertiary/aromatic N) is 3. The number of methoxy groups -OCH3 is 1. The number of non-ortho nitro benzene ring substituents is 1. The number of rotatable bonds is 5. The lowest BCUT2D eigenvalue weighted by molar-refractivity contribution is -0.384. The van der Waals surface area contributed by atoms with E-state index >= 15 is 0 Å². The molecule has 9 nitrogen and oxygen atoms in total. The Morgan fingerprint density at radius 3 is 2.95 bits per heavy atom. The Morgan fingerprint density at radius 1 is 1.60 bits per heavy atom. The first kappa shape index (κ1) is 13.9. The van der Waals surface area contributed by atoms with Gasteiger partial charge in [0, 0.05) is 6.07 Å². The van der Waals surface area contributed by atoms with Gasteiger partial charge in [-0.1, -0.05) is 5.16 Å². The van der Waals surface area contributed by atoms with Gasteiger partial charge in [0.1, 0.15) is 5.75 Å². The summed E-state index contributed by atoms with van der Waals surface area (Å²) in [6, 6.07) is 3.24. The molecule has 0 aliphatic heterocycles. The average Bonchev–Trinajstić information content (AvgIpc) is 2.95. The van der Waals surface area contributed by atoms with E-state index in [1.807, 2.05) is 0 Å². The van der Waals surface area contributed by atoms with Gasteiger partial charge in [-0.3, -0.25) is 10.1 Å². The van der Waals surface area contributed by atoms with Crippen molar-refractivity contribution in [1.82, 2.24) is 10.1 Å². The highest BCUT2D eigenvalue weighted by Crippen LogP contribution is 2.32. The summed E-state index contributed by atoms with van der Waals surface area (Å²) in [7, 11) is 1.37. The molecule has 1 unspecified atom stereocenters. The second kappa shape index (κ2) is 5.63. The zero-order valence-corrected chi connectivity index (χ0v) is 10.5. The molecule has 1 heterocycles. The van der Waals surface area contributed by atoms with Crippen LogP contribution in [0.1, 0.15) is 11.9 Å². The van der Waals surface area contributed by atoms with Crippen LogP contribution in [-0.4, -0.2) is 33.9 Å². The Balaban J connectivity index is 2.41. The molecule has 106 valence electrons. The van der Waals surface area contributed by atoms with Gasteiger partial charge in [-0.05, 0) is 6.07 Å². The van der Waals surface area contributed by atoms with Crippen LogP contribution in [0.5, 0.6) is 5.75 Å². The molecule has 2 aromatic rings. The van der Waals surface area contributed by atoms with Crippen LogP contribution >= 0.6 is 0 Å². The standard InChI is InChI=1S/C11H12N4O5/c1-19-9-4-6(15(17)18)2-3-7(9)11-13-10(14-20-11)8(12)5-16/h2-4,8,16H,5,12H2,1H3. The monoisotopic (exact) mass is 280 g/mol. The van der Waals surface area contributed by atoms with Crippen LogP contribution in [-0.2, 0) is 0 Å². The summed E-state index contributed by atoms with van der Waals surface area (Å²) in [5.74, 6) is 0.477. The third-order valence-electron chi connectivity index (χ3n) is 2.60. The second-order valence-corrected chi connectivity index (χ2v) is 3.89. The largest absolute Gasteiger partial charge is 0.496 e. The normalized spacial score (nSPS) is 12.2. The van der Waals surface area contributed by atoms with Crippen molar-refractivity contribution in [2.45, 2.75) is 6.04 Å². The van der Waals surface area contributed by atoms with Crippen molar-refractivity contribution >= 4 is 5.69 Å². The minimum Gasteiger partial charge on any atom is -0.496 e. The lowest BCUT2D eigenvalue weighted by Crippen LogP contribution is -2.15. The second-order valence-electron chi connectivity index (χ2n) is 3.89. The van der Waals surface area contributed by atoms with Crippen molar-refractivity contribution in [2.75, 3.05) is 13.7 Å². The van der Waals surface area contributed by atoms with Crippen LogP contribution in [0.3, 0.4) is 0 Å². The maximum Gasteiger partial charge on any atom is 0.273 e. The molecule has 0 saturated carbocycles. The molecular formula is C11H12N4O5. The van der Waals surface area contributed by atoms with Crippen molar-refractivity contribution in [2.24, 2.45) is 5.73 Å². The van der Waals surface area contributed by atoms with Crippen molar-refractivity contribution in [3.8, 4) is 17.2 Å². The van der Waals surface area contributed by atoms with E-state index in [-0.39, 0.29) is 29.8 Å². The van der Waals surface area contributed by atoms with E-state index < -0.39 is 11.0 Å². The molecule has 0 spiro atoms. The van der Waals surface area contributed by atoms with E-state index in [1.54, 1.807) is 0 Å². The minimum atomic E-state index is -0.753. The molecule has 1 aromatic carbocycles. The molecule has 0 radical (unpaired) electrons. The Labute approximate surface area is 113 Å². The number of aliphatic hydroxyl groups excluding tert-OH is 1. The molecule has 0 fully saturated rings. The first-order valence-electron chi connectivity index (χ1n) is 5.59. The van der Waals surface area contributed by atoms with Gasteiger partial charge in [0.2, 0.25) is 0 Å². The zero-order valence-electron chi connectivity index (χ0n) is 10.5. The number of hydrogen-bond acceptors (Lipinski definition) is 8. The topological polar surface area (TPSA) is 138 Å². The van der Waals surface area contributed by atoms with Gasteiger partial charge in [-0.15, -0.1) is 0 Å². The highest BCUT2D eigenvalue weighted by atomic mass is 16.6. The molecule has 20 heavy (non-hydrogen) atoms. The highest BCUT2D eigenvalue weighted by Gasteiger charge is 2.19. The van der Waals surface area contributed by atoms with E-state index in [9.17, 15) is 10.1 Å². The van der Waals surface area contributed by atoms with Crippen LogP contribution < -0.4 is 10.5 Å². The lowest BCUT2D eigenvalue weighted by Gasteiger charge is -2.04. The number of hydrogen-bond donors (Lipinski definition) is 2. The third-order valence-corrected chi connectivity index (χ3v) is 2.60. The van der Waals surface area contributed by atoms with Gasteiger partial charge in [0.05, 0.1) is 36.3 Å². The number of nitro benzene ring substituents is 1. The van der Waals surface area contributed by atoms with Crippen molar-refractivity contribution in [3.63, 3.8) is 0 Å². The van der Waals surface area contributed by atoms with Crippen molar-refractivity contribution in [3.05, 3.63) is 34.1 Å². The van der Waals surface area contributed by atoms with Crippen LogP contribution in [0, 0.1) is 10.1 Å². The average molecular weight is 280 g/mol. The fourth-order valence-corrected chi connectivity index (χ4v) is 1.55. The molecule has 9 heteroatoms. The molecule has 1 atom stereocenters. The quantitative estimate of drug-likeness (QED) is 0.601. The summed E-state index contributed by atoms with van der Waals surface area (Å²) < 4.78 is 10.1. The Hall–Kier alpha value is -2.52. The summed E-state index contributed by atoms with van der Waals surface area (Å²) >= 11 is 0. The predicted molar refractivity (Wildman–Crippen MR) is 67.0 cm³/mol. The minimum absolute atomic E-state index is 0.107. The first-order valence-corrected chi connectivity index (χ1v) is 5.59. The van der Waals surface area contributed by atoms with Gasteiger partial charge in [0.15, 0.2) is 5.82 Å². The lowest BCUT2D eigenvalue weighted by atomic mass is 10.2. The molecule has 3 N–H and O–H groups in total. The molecule has 0 bridgehead atoms. The maximum atomic E-state index is 10.7. The first-order chi connectivity index (χ1) is 9.56.